The van der Waals surface area contributed by atoms with Gasteiger partial charge >= 0.3 is 6.18 Å². The van der Waals surface area contributed by atoms with E-state index in [4.69, 9.17) is 0 Å². The van der Waals surface area contributed by atoms with Gasteiger partial charge in [-0.25, -0.2) is 9.67 Å². The standard InChI is InChI=1S/C18H17F3N6O4/c1-26-8-7-22-16(26)17(31,18(19,20)21)9-13(29)23-24-15(30)14-12(28)10-27(25-14)11-5-3-2-4-6-11/h2-8,10,28,31H,9H2,1H3,(H,23,29)(H,24,30). The van der Waals surface area contributed by atoms with Crippen LogP contribution in [0.1, 0.15) is 22.7 Å². The van der Waals surface area contributed by atoms with Gasteiger partial charge in [-0.2, -0.15) is 18.3 Å². The van der Waals surface area contributed by atoms with E-state index in [1.807, 2.05) is 5.43 Å². The molecule has 0 saturated heterocycles. The molecule has 0 radical (unpaired) electrons. The summed E-state index contributed by atoms with van der Waals surface area (Å²) in [5, 5.41) is 24.0. The SMILES string of the molecule is Cn1ccnc1C(O)(CC(=O)NNC(=O)c1nn(-c2ccccc2)cc1O)C(F)(F)F. The quantitative estimate of drug-likeness (QED) is 0.438. The van der Waals surface area contributed by atoms with Gasteiger partial charge in [0.1, 0.15) is 0 Å². The predicted molar refractivity (Wildman–Crippen MR) is 98.6 cm³/mol. The molecule has 1 unspecified atom stereocenters. The van der Waals surface area contributed by atoms with Gasteiger partial charge < -0.3 is 14.8 Å². The summed E-state index contributed by atoms with van der Waals surface area (Å²) in [4.78, 5) is 27.7. The third-order valence-electron chi connectivity index (χ3n) is 4.32. The zero-order chi connectivity index (χ0) is 22.8. The predicted octanol–water partition coefficient (Wildman–Crippen LogP) is 0.913. The molecular formula is C18H17F3N6O4. The third-order valence-corrected chi connectivity index (χ3v) is 4.32. The lowest BCUT2D eigenvalue weighted by Crippen LogP contribution is -2.50. The Morgan fingerprint density at radius 1 is 1.16 bits per heavy atom. The number of aromatic nitrogens is 4. The Balaban J connectivity index is 1.70. The topological polar surface area (TPSA) is 134 Å². The Bertz CT molecular complexity index is 1100. The number of para-hydroxylation sites is 1. The summed E-state index contributed by atoms with van der Waals surface area (Å²) >= 11 is 0. The minimum Gasteiger partial charge on any atom is -0.504 e. The lowest BCUT2D eigenvalue weighted by Gasteiger charge is -2.29. The van der Waals surface area contributed by atoms with Crippen LogP contribution in [0, 0.1) is 0 Å². The van der Waals surface area contributed by atoms with Crippen molar-refractivity contribution in [2.24, 2.45) is 7.05 Å². The summed E-state index contributed by atoms with van der Waals surface area (Å²) in [5.74, 6) is -3.73. The molecule has 0 fully saturated rings. The molecule has 1 atom stereocenters. The van der Waals surface area contributed by atoms with E-state index < -0.39 is 47.3 Å². The van der Waals surface area contributed by atoms with Crippen LogP contribution >= 0.6 is 0 Å². The van der Waals surface area contributed by atoms with Gasteiger partial charge in [-0.1, -0.05) is 18.2 Å². The highest BCUT2D eigenvalue weighted by atomic mass is 19.4. The molecule has 0 aliphatic carbocycles. The molecule has 2 aromatic heterocycles. The molecule has 0 saturated carbocycles. The number of hydrazine groups is 1. The van der Waals surface area contributed by atoms with Crippen molar-refractivity contribution in [3.05, 3.63) is 60.4 Å². The molecule has 0 spiro atoms. The summed E-state index contributed by atoms with van der Waals surface area (Å²) in [5.41, 5.74) is 0.103. The number of aliphatic hydroxyl groups is 1. The van der Waals surface area contributed by atoms with Crippen molar-refractivity contribution in [1.82, 2.24) is 30.2 Å². The lowest BCUT2D eigenvalue weighted by molar-refractivity contribution is -0.271. The minimum atomic E-state index is -5.22. The van der Waals surface area contributed by atoms with Crippen LogP contribution in [-0.4, -0.2) is 47.5 Å². The van der Waals surface area contributed by atoms with E-state index in [0.717, 1.165) is 17.0 Å². The number of alkyl halides is 3. The van der Waals surface area contributed by atoms with Crippen LogP contribution < -0.4 is 10.9 Å². The Labute approximate surface area is 172 Å². The van der Waals surface area contributed by atoms with Crippen molar-refractivity contribution in [3.63, 3.8) is 0 Å². The molecule has 2 amide bonds. The van der Waals surface area contributed by atoms with Crippen molar-refractivity contribution in [3.8, 4) is 11.4 Å². The molecule has 13 heteroatoms. The van der Waals surface area contributed by atoms with Crippen molar-refractivity contribution < 1.29 is 33.0 Å². The number of amides is 2. The highest BCUT2D eigenvalue weighted by Gasteiger charge is 2.58. The summed E-state index contributed by atoms with van der Waals surface area (Å²) in [6, 6.07) is 8.48. The molecular weight excluding hydrogens is 421 g/mol. The highest BCUT2D eigenvalue weighted by molar-refractivity contribution is 5.96. The summed E-state index contributed by atoms with van der Waals surface area (Å²) < 4.78 is 42.5. The van der Waals surface area contributed by atoms with Crippen molar-refractivity contribution in [2.75, 3.05) is 0 Å². The molecule has 3 rings (SSSR count). The number of nitrogens with one attached hydrogen (secondary N) is 2. The first-order chi connectivity index (χ1) is 14.5. The number of aryl methyl sites for hydroxylation is 1. The number of nitrogens with zero attached hydrogens (tertiary/aromatic N) is 4. The molecule has 0 aliphatic heterocycles. The smallest absolute Gasteiger partial charge is 0.425 e. The van der Waals surface area contributed by atoms with E-state index in [0.29, 0.717) is 5.69 Å². The van der Waals surface area contributed by atoms with Crippen LogP contribution in [0.4, 0.5) is 13.2 Å². The average Bonchev–Trinajstić information content (AvgIpc) is 3.31. The van der Waals surface area contributed by atoms with E-state index in [1.165, 1.54) is 17.9 Å². The first-order valence-electron chi connectivity index (χ1n) is 8.73. The number of benzene rings is 1. The van der Waals surface area contributed by atoms with Crippen LogP contribution in [0.2, 0.25) is 0 Å². The van der Waals surface area contributed by atoms with Gasteiger partial charge in [0, 0.05) is 19.4 Å². The second-order valence-corrected chi connectivity index (χ2v) is 6.54. The van der Waals surface area contributed by atoms with E-state index in [2.05, 4.69) is 10.1 Å². The zero-order valence-corrected chi connectivity index (χ0v) is 16.0. The number of carbonyl (C=O) groups excluding carboxylic acids is 2. The van der Waals surface area contributed by atoms with Gasteiger partial charge in [-0.3, -0.25) is 20.4 Å². The molecule has 0 bridgehead atoms. The van der Waals surface area contributed by atoms with E-state index in [1.54, 1.807) is 35.8 Å². The Kier molecular flexibility index (Phi) is 5.71. The minimum absolute atomic E-state index is 0.473. The van der Waals surface area contributed by atoms with Crippen LogP contribution in [0.3, 0.4) is 0 Å². The molecule has 4 N–H and O–H groups in total. The van der Waals surface area contributed by atoms with Gasteiger partial charge in [-0.05, 0) is 12.1 Å². The fourth-order valence-corrected chi connectivity index (χ4v) is 2.77. The average molecular weight is 438 g/mol. The molecule has 0 aliphatic rings. The van der Waals surface area contributed by atoms with Crippen LogP contribution in [0.25, 0.3) is 5.69 Å². The fraction of sp³-hybridized carbons (Fsp3) is 0.222. The van der Waals surface area contributed by atoms with Gasteiger partial charge in [0.25, 0.3) is 5.91 Å². The van der Waals surface area contributed by atoms with E-state index in [-0.39, 0.29) is 0 Å². The number of hydrogen-bond acceptors (Lipinski definition) is 6. The van der Waals surface area contributed by atoms with E-state index >= 15 is 0 Å². The molecule has 3 aromatic rings. The Morgan fingerprint density at radius 3 is 2.42 bits per heavy atom. The second kappa shape index (κ2) is 8.10. The highest BCUT2D eigenvalue weighted by Crippen LogP contribution is 2.40. The van der Waals surface area contributed by atoms with Crippen molar-refractivity contribution >= 4 is 11.8 Å². The third kappa shape index (κ3) is 4.35. The monoisotopic (exact) mass is 438 g/mol. The maximum Gasteiger partial charge on any atom is 0.425 e. The Morgan fingerprint density at radius 2 is 1.84 bits per heavy atom. The maximum atomic E-state index is 13.5. The van der Waals surface area contributed by atoms with Crippen LogP contribution in [-0.2, 0) is 17.4 Å². The van der Waals surface area contributed by atoms with Crippen LogP contribution in [0.5, 0.6) is 5.75 Å². The number of hydrogen-bond donors (Lipinski definition) is 4. The molecule has 31 heavy (non-hydrogen) atoms. The normalized spacial score (nSPS) is 13.5. The van der Waals surface area contributed by atoms with Gasteiger partial charge in [0.05, 0.1) is 18.3 Å². The maximum absolute atomic E-state index is 13.5. The van der Waals surface area contributed by atoms with Gasteiger partial charge in [0.2, 0.25) is 11.5 Å². The summed E-state index contributed by atoms with van der Waals surface area (Å²) in [6.45, 7) is 0. The van der Waals surface area contributed by atoms with Gasteiger partial charge in [0.15, 0.2) is 17.3 Å². The number of halogens is 3. The summed E-state index contributed by atoms with van der Waals surface area (Å²) in [7, 11) is 1.23. The Hall–Kier alpha value is -3.87. The molecule has 164 valence electrons. The van der Waals surface area contributed by atoms with Crippen molar-refractivity contribution in [2.45, 2.75) is 18.2 Å². The molecule has 2 heterocycles. The first-order valence-corrected chi connectivity index (χ1v) is 8.73. The second-order valence-electron chi connectivity index (χ2n) is 6.54. The lowest BCUT2D eigenvalue weighted by atomic mass is 9.97. The van der Waals surface area contributed by atoms with Crippen LogP contribution in [0.15, 0.2) is 48.9 Å². The largest absolute Gasteiger partial charge is 0.504 e. The van der Waals surface area contributed by atoms with Gasteiger partial charge in [-0.15, -0.1) is 0 Å². The van der Waals surface area contributed by atoms with Crippen molar-refractivity contribution in [1.29, 1.82) is 0 Å². The molecule has 10 nitrogen and oxygen atoms in total. The fourth-order valence-electron chi connectivity index (χ4n) is 2.77. The number of imidazole rings is 1. The first kappa shape index (κ1) is 21.8. The number of aromatic hydroxyl groups is 1. The number of carbonyl (C=O) groups is 2. The van der Waals surface area contributed by atoms with E-state index in [9.17, 15) is 33.0 Å². The summed E-state index contributed by atoms with van der Waals surface area (Å²) in [6.07, 6.45) is -3.32. The zero-order valence-electron chi connectivity index (χ0n) is 16.0. The number of rotatable bonds is 5. The molecule has 1 aromatic carbocycles.